The lowest BCUT2D eigenvalue weighted by atomic mass is 9.93. The van der Waals surface area contributed by atoms with Crippen molar-refractivity contribution in [3.63, 3.8) is 0 Å². The number of halogens is 3. The highest BCUT2D eigenvalue weighted by Gasteiger charge is 2.37. The minimum Gasteiger partial charge on any atom is -0.366 e. The molecular formula is C19H27F3N6O. The smallest absolute Gasteiger partial charge is 0.366 e. The van der Waals surface area contributed by atoms with Gasteiger partial charge < -0.3 is 10.2 Å². The number of pyridine rings is 1. The number of carbonyl (C=O) groups is 1. The van der Waals surface area contributed by atoms with Gasteiger partial charge in [-0.1, -0.05) is 0 Å². The summed E-state index contributed by atoms with van der Waals surface area (Å²) in [6.07, 6.45) is -2.99. The van der Waals surface area contributed by atoms with E-state index >= 15 is 0 Å². The molecule has 2 N–H and O–H groups in total. The number of hydrogen-bond donors (Lipinski definition) is 2. The van der Waals surface area contributed by atoms with Crippen LogP contribution in [0.15, 0.2) is 6.07 Å². The van der Waals surface area contributed by atoms with Crippen molar-refractivity contribution in [3.8, 4) is 0 Å². The van der Waals surface area contributed by atoms with Crippen LogP contribution in [-0.2, 0) is 11.0 Å². The molecule has 1 fully saturated rings. The number of likely N-dealkylation sites (N-methyl/N-ethyl adjacent to an activating group) is 1. The Morgan fingerprint density at radius 1 is 1.41 bits per heavy atom. The van der Waals surface area contributed by atoms with Crippen LogP contribution in [0.2, 0.25) is 0 Å². The van der Waals surface area contributed by atoms with E-state index in [1.165, 1.54) is 4.90 Å². The van der Waals surface area contributed by atoms with Gasteiger partial charge in [0.1, 0.15) is 0 Å². The molecule has 1 aliphatic heterocycles. The predicted molar refractivity (Wildman–Crippen MR) is 105 cm³/mol. The van der Waals surface area contributed by atoms with Crippen LogP contribution in [0.5, 0.6) is 0 Å². The summed E-state index contributed by atoms with van der Waals surface area (Å²) in [5, 5.41) is 9.57. The molecule has 1 saturated heterocycles. The molecular weight excluding hydrogens is 385 g/mol. The van der Waals surface area contributed by atoms with Crippen molar-refractivity contribution in [3.05, 3.63) is 17.3 Å². The lowest BCUT2D eigenvalue weighted by Gasteiger charge is -2.32. The fraction of sp³-hybridized carbons (Fsp3) is 0.632. The van der Waals surface area contributed by atoms with E-state index in [4.69, 9.17) is 0 Å². The van der Waals surface area contributed by atoms with Crippen molar-refractivity contribution >= 4 is 22.8 Å². The largest absolute Gasteiger partial charge is 0.417 e. The van der Waals surface area contributed by atoms with E-state index in [1.807, 2.05) is 18.7 Å². The summed E-state index contributed by atoms with van der Waals surface area (Å²) >= 11 is 0. The van der Waals surface area contributed by atoms with Gasteiger partial charge in [0.05, 0.1) is 17.5 Å². The van der Waals surface area contributed by atoms with Gasteiger partial charge >= 0.3 is 6.18 Å². The summed E-state index contributed by atoms with van der Waals surface area (Å²) in [6, 6.07) is 1.08. The number of anilines is 1. The third kappa shape index (κ3) is 4.80. The SMILES string of the molecule is CC(C)Nc1n[nH]c2nc(C3CCCN(CC(=O)N(C)C)C3)cc(C(F)(F)F)c12. The molecule has 3 rings (SSSR count). The Kier molecular flexibility index (Phi) is 6.02. The second-order valence-electron chi connectivity index (χ2n) is 8.05. The quantitative estimate of drug-likeness (QED) is 0.789. The van der Waals surface area contributed by atoms with Crippen LogP contribution in [0.4, 0.5) is 19.0 Å². The van der Waals surface area contributed by atoms with Gasteiger partial charge in [0.2, 0.25) is 5.91 Å². The average Bonchev–Trinajstić information content (AvgIpc) is 3.02. The van der Waals surface area contributed by atoms with Crippen LogP contribution >= 0.6 is 0 Å². The van der Waals surface area contributed by atoms with E-state index in [1.54, 1.807) is 14.1 Å². The normalized spacial score (nSPS) is 18.4. The zero-order valence-electron chi connectivity index (χ0n) is 17.1. The molecule has 1 atom stereocenters. The fourth-order valence-corrected chi connectivity index (χ4v) is 3.63. The van der Waals surface area contributed by atoms with E-state index in [2.05, 4.69) is 20.5 Å². The van der Waals surface area contributed by atoms with Gasteiger partial charge in [-0.25, -0.2) is 4.98 Å². The first-order valence-electron chi connectivity index (χ1n) is 9.71. The number of H-pyrrole nitrogens is 1. The minimum atomic E-state index is -4.53. The van der Waals surface area contributed by atoms with Gasteiger partial charge in [-0.2, -0.15) is 18.3 Å². The fourth-order valence-electron chi connectivity index (χ4n) is 3.63. The van der Waals surface area contributed by atoms with Crippen LogP contribution in [0.3, 0.4) is 0 Å². The highest BCUT2D eigenvalue weighted by Crippen LogP contribution is 2.39. The number of likely N-dealkylation sites (tertiary alicyclic amines) is 1. The maximum Gasteiger partial charge on any atom is 0.417 e. The number of amides is 1. The number of aromatic amines is 1. The van der Waals surface area contributed by atoms with Crippen LogP contribution in [0, 0.1) is 0 Å². The van der Waals surface area contributed by atoms with E-state index in [-0.39, 0.29) is 41.3 Å². The van der Waals surface area contributed by atoms with Crippen molar-refractivity contribution in [1.82, 2.24) is 25.0 Å². The molecule has 160 valence electrons. The third-order valence-corrected chi connectivity index (χ3v) is 5.06. The average molecular weight is 412 g/mol. The Hall–Kier alpha value is -2.36. The molecule has 0 spiro atoms. The molecule has 1 amide bonds. The van der Waals surface area contributed by atoms with Gasteiger partial charge in [-0.15, -0.1) is 0 Å². The first-order chi connectivity index (χ1) is 13.6. The zero-order valence-corrected chi connectivity index (χ0v) is 17.1. The molecule has 2 aromatic rings. The van der Waals surface area contributed by atoms with Crippen molar-refractivity contribution < 1.29 is 18.0 Å². The van der Waals surface area contributed by atoms with Gasteiger partial charge in [0.25, 0.3) is 0 Å². The van der Waals surface area contributed by atoms with E-state index < -0.39 is 11.7 Å². The molecule has 3 heterocycles. The van der Waals surface area contributed by atoms with Crippen molar-refractivity contribution in [2.75, 3.05) is 39.0 Å². The first-order valence-corrected chi connectivity index (χ1v) is 9.71. The van der Waals surface area contributed by atoms with Crippen LogP contribution in [0.25, 0.3) is 11.0 Å². The second-order valence-corrected chi connectivity index (χ2v) is 8.05. The topological polar surface area (TPSA) is 77.1 Å². The van der Waals surface area contributed by atoms with Crippen LogP contribution in [-0.4, -0.2) is 70.7 Å². The number of aromatic nitrogens is 3. The molecule has 0 aliphatic carbocycles. The number of nitrogens with zero attached hydrogens (tertiary/aromatic N) is 4. The van der Waals surface area contributed by atoms with Crippen molar-refractivity contribution in [1.29, 1.82) is 0 Å². The molecule has 7 nitrogen and oxygen atoms in total. The number of nitrogens with one attached hydrogen (secondary N) is 2. The lowest BCUT2D eigenvalue weighted by Crippen LogP contribution is -2.41. The van der Waals surface area contributed by atoms with E-state index in [0.29, 0.717) is 12.2 Å². The van der Waals surface area contributed by atoms with Crippen LogP contribution < -0.4 is 5.32 Å². The molecule has 0 saturated carbocycles. The van der Waals surface area contributed by atoms with Gasteiger partial charge in [-0.05, 0) is 39.3 Å². The summed E-state index contributed by atoms with van der Waals surface area (Å²) in [7, 11) is 3.38. The highest BCUT2D eigenvalue weighted by molar-refractivity contribution is 5.91. The highest BCUT2D eigenvalue weighted by atomic mass is 19.4. The number of alkyl halides is 3. The Morgan fingerprint density at radius 2 is 2.14 bits per heavy atom. The summed E-state index contributed by atoms with van der Waals surface area (Å²) in [5.74, 6) is -0.0414. The van der Waals surface area contributed by atoms with Gasteiger partial charge in [0.15, 0.2) is 11.5 Å². The summed E-state index contributed by atoms with van der Waals surface area (Å²) in [5.41, 5.74) is -0.234. The Labute approximate surface area is 167 Å². The predicted octanol–water partition coefficient (Wildman–Crippen LogP) is 3.06. The molecule has 0 radical (unpaired) electrons. The summed E-state index contributed by atoms with van der Waals surface area (Å²) in [4.78, 5) is 20.0. The molecule has 29 heavy (non-hydrogen) atoms. The maximum absolute atomic E-state index is 13.8. The molecule has 0 bridgehead atoms. The Balaban J connectivity index is 1.94. The minimum absolute atomic E-state index is 0.0250. The van der Waals surface area contributed by atoms with Gasteiger partial charge in [0, 0.05) is 38.3 Å². The Bertz CT molecular complexity index is 877. The standard InChI is InChI=1S/C19H27F3N6O/c1-11(2)23-17-16-13(19(20,21)22)8-14(24-18(16)26-25-17)12-6-5-7-28(9-12)10-15(29)27(3)4/h8,11-12H,5-7,9-10H2,1-4H3,(H2,23,24,25,26). The number of hydrogen-bond acceptors (Lipinski definition) is 5. The first kappa shape index (κ1) is 21.4. The number of carbonyl (C=O) groups excluding carboxylic acids is 1. The van der Waals surface area contributed by atoms with E-state index in [0.717, 1.165) is 25.5 Å². The van der Waals surface area contributed by atoms with Crippen molar-refractivity contribution in [2.24, 2.45) is 0 Å². The van der Waals surface area contributed by atoms with E-state index in [9.17, 15) is 18.0 Å². The maximum atomic E-state index is 13.8. The molecule has 1 aliphatic rings. The number of rotatable bonds is 5. The molecule has 0 aromatic carbocycles. The number of fused-ring (bicyclic) bond motifs is 1. The second kappa shape index (κ2) is 8.17. The van der Waals surface area contributed by atoms with Crippen molar-refractivity contribution in [2.45, 2.75) is 44.8 Å². The third-order valence-electron chi connectivity index (χ3n) is 5.06. The summed E-state index contributed by atoms with van der Waals surface area (Å²) in [6.45, 7) is 5.17. The number of piperidine rings is 1. The Morgan fingerprint density at radius 3 is 2.76 bits per heavy atom. The van der Waals surface area contributed by atoms with Gasteiger partial charge in [-0.3, -0.25) is 14.8 Å². The molecule has 10 heteroatoms. The molecule has 2 aromatic heterocycles. The monoisotopic (exact) mass is 412 g/mol. The zero-order chi connectivity index (χ0) is 21.3. The van der Waals surface area contributed by atoms with Crippen LogP contribution in [0.1, 0.15) is 43.9 Å². The summed E-state index contributed by atoms with van der Waals surface area (Å²) < 4.78 is 41.5. The lowest BCUT2D eigenvalue weighted by molar-refractivity contribution is -0.136. The molecule has 1 unspecified atom stereocenters.